The number of amidine groups is 1. The van der Waals surface area contributed by atoms with E-state index in [4.69, 9.17) is 27.6 Å². The summed E-state index contributed by atoms with van der Waals surface area (Å²) in [4.78, 5) is 8.26. The maximum Gasteiger partial charge on any atom is 0.173 e. The van der Waals surface area contributed by atoms with Crippen molar-refractivity contribution in [2.24, 2.45) is 16.1 Å². The molecule has 3 rings (SSSR count). The van der Waals surface area contributed by atoms with Gasteiger partial charge in [-0.3, -0.25) is 0 Å². The van der Waals surface area contributed by atoms with Crippen LogP contribution < -0.4 is 5.73 Å². The molecule has 0 saturated carbocycles. The Bertz CT molecular complexity index is 787. The van der Waals surface area contributed by atoms with Gasteiger partial charge in [0.15, 0.2) is 5.84 Å². The number of aromatic nitrogens is 2. The Morgan fingerprint density at radius 3 is 2.74 bits per heavy atom. The van der Waals surface area contributed by atoms with Crippen LogP contribution in [0.1, 0.15) is 18.2 Å². The fourth-order valence-electron chi connectivity index (χ4n) is 2.49. The van der Waals surface area contributed by atoms with Gasteiger partial charge in [0.05, 0.1) is 18.9 Å². The fraction of sp³-hybridized carbons (Fsp3) is 0.267. The lowest BCUT2D eigenvalue weighted by molar-refractivity contribution is -0.0499. The minimum Gasteiger partial charge on any atom is -0.380 e. The van der Waals surface area contributed by atoms with E-state index in [0.717, 1.165) is 11.1 Å². The van der Waals surface area contributed by atoms with E-state index < -0.39 is 0 Å². The zero-order chi connectivity index (χ0) is 16.4. The third-order valence-electron chi connectivity index (χ3n) is 3.84. The average molecular weight is 331 g/mol. The van der Waals surface area contributed by atoms with Crippen molar-refractivity contribution in [2.75, 3.05) is 13.2 Å². The van der Waals surface area contributed by atoms with Gasteiger partial charge in [-0.1, -0.05) is 35.9 Å². The van der Waals surface area contributed by atoms with Gasteiger partial charge in [-0.2, -0.15) is 5.53 Å². The molecular weight excluding hydrogens is 316 g/mol. The summed E-state index contributed by atoms with van der Waals surface area (Å²) < 4.78 is 5.30. The number of hydrogen-bond acceptors (Lipinski definition) is 5. The lowest BCUT2D eigenvalue weighted by atomic mass is 9.80. The average Bonchev–Trinajstić information content (AvgIpc) is 2.53. The van der Waals surface area contributed by atoms with Crippen LogP contribution in [-0.2, 0) is 10.2 Å². The van der Waals surface area contributed by atoms with Crippen LogP contribution in [0, 0.1) is 5.53 Å². The maximum atomic E-state index is 6.72. The number of nitrogens with one attached hydrogen (secondary N) is 1. The molecule has 0 amide bonds. The minimum atomic E-state index is -0.0286. The highest BCUT2D eigenvalue weighted by atomic mass is 35.5. The summed E-state index contributed by atoms with van der Waals surface area (Å²) in [6.45, 7) is 3.47. The Morgan fingerprint density at radius 1 is 1.35 bits per heavy atom. The van der Waals surface area contributed by atoms with Crippen molar-refractivity contribution in [1.29, 1.82) is 5.53 Å². The molecule has 3 N–H and O–H groups in total. The first-order chi connectivity index (χ1) is 11.0. The first-order valence-electron chi connectivity index (χ1n) is 6.94. The molecule has 0 bridgehead atoms. The molecule has 1 aromatic heterocycles. The highest BCUT2D eigenvalue weighted by molar-refractivity contribution is 6.31. The molecule has 1 aromatic carbocycles. The van der Waals surface area contributed by atoms with Crippen molar-refractivity contribution < 1.29 is 4.74 Å². The SMILES string of the molecule is CC1(c2ccc(-c3cc(C(N)=NN=N)ncn3)cc2Cl)COC1. The highest BCUT2D eigenvalue weighted by Crippen LogP contribution is 2.37. The Balaban J connectivity index is 1.96. The summed E-state index contributed by atoms with van der Waals surface area (Å²) in [5.41, 5.74) is 15.4. The van der Waals surface area contributed by atoms with Crippen LogP contribution in [0.5, 0.6) is 0 Å². The predicted molar refractivity (Wildman–Crippen MR) is 86.5 cm³/mol. The van der Waals surface area contributed by atoms with Gasteiger partial charge in [0.2, 0.25) is 0 Å². The van der Waals surface area contributed by atoms with Crippen molar-refractivity contribution in [3.8, 4) is 11.3 Å². The Labute approximate surface area is 138 Å². The van der Waals surface area contributed by atoms with Crippen LogP contribution in [0.2, 0.25) is 5.02 Å². The third-order valence-corrected chi connectivity index (χ3v) is 4.16. The molecule has 1 aliphatic heterocycles. The molecule has 1 fully saturated rings. The summed E-state index contributed by atoms with van der Waals surface area (Å²) >= 11 is 6.44. The molecule has 1 aliphatic rings. The second-order valence-corrected chi connectivity index (χ2v) is 6.03. The van der Waals surface area contributed by atoms with Gasteiger partial charge >= 0.3 is 0 Å². The standard InChI is InChI=1S/C15H15ClN6O/c1-15(6-23-7-15)10-3-2-9(4-11(10)16)12-5-13(20-8-19-12)14(17)21-22-18/h2-5,8H,6-7H2,1H3,(H3,17,18,21). The van der Waals surface area contributed by atoms with E-state index in [2.05, 4.69) is 27.2 Å². The molecule has 23 heavy (non-hydrogen) atoms. The maximum absolute atomic E-state index is 6.72. The molecule has 0 aliphatic carbocycles. The lowest BCUT2D eigenvalue weighted by Crippen LogP contribution is -2.44. The van der Waals surface area contributed by atoms with Gasteiger partial charge in [-0.25, -0.2) is 9.97 Å². The van der Waals surface area contributed by atoms with Gasteiger partial charge in [0.25, 0.3) is 0 Å². The van der Waals surface area contributed by atoms with Crippen molar-refractivity contribution >= 4 is 17.4 Å². The van der Waals surface area contributed by atoms with E-state index in [0.29, 0.717) is 29.6 Å². The van der Waals surface area contributed by atoms with E-state index in [9.17, 15) is 0 Å². The summed E-state index contributed by atoms with van der Waals surface area (Å²) in [6, 6.07) is 7.51. The molecule has 118 valence electrons. The van der Waals surface area contributed by atoms with Gasteiger partial charge in [-0.15, -0.1) is 5.10 Å². The van der Waals surface area contributed by atoms with Gasteiger partial charge in [0, 0.05) is 16.0 Å². The zero-order valence-corrected chi connectivity index (χ0v) is 13.2. The molecule has 0 spiro atoms. The zero-order valence-electron chi connectivity index (χ0n) is 12.5. The number of benzene rings is 1. The Kier molecular flexibility index (Phi) is 4.06. The lowest BCUT2D eigenvalue weighted by Gasteiger charge is -2.39. The summed E-state index contributed by atoms with van der Waals surface area (Å²) in [5.74, 6) is 0.0606. The molecule has 8 heteroatoms. The largest absolute Gasteiger partial charge is 0.380 e. The van der Waals surface area contributed by atoms with Crippen molar-refractivity contribution in [3.63, 3.8) is 0 Å². The summed E-state index contributed by atoms with van der Waals surface area (Å²) in [5, 5.41) is 7.05. The monoisotopic (exact) mass is 330 g/mol. The molecular formula is C15H15ClN6O. The molecule has 0 radical (unpaired) electrons. The van der Waals surface area contributed by atoms with Crippen LogP contribution in [0.4, 0.5) is 0 Å². The van der Waals surface area contributed by atoms with E-state index in [1.165, 1.54) is 6.33 Å². The van der Waals surface area contributed by atoms with Gasteiger partial charge < -0.3 is 10.5 Å². The van der Waals surface area contributed by atoms with E-state index in [-0.39, 0.29) is 11.3 Å². The molecule has 0 unspecified atom stereocenters. The van der Waals surface area contributed by atoms with Gasteiger partial charge in [-0.05, 0) is 17.7 Å². The van der Waals surface area contributed by atoms with Gasteiger partial charge in [0.1, 0.15) is 12.0 Å². The number of nitrogens with zero attached hydrogens (tertiary/aromatic N) is 4. The van der Waals surface area contributed by atoms with Crippen LogP contribution in [0.3, 0.4) is 0 Å². The number of rotatable bonds is 4. The van der Waals surface area contributed by atoms with Crippen molar-refractivity contribution in [1.82, 2.24) is 9.97 Å². The van der Waals surface area contributed by atoms with Crippen LogP contribution in [-0.4, -0.2) is 29.0 Å². The molecule has 1 saturated heterocycles. The van der Waals surface area contributed by atoms with E-state index >= 15 is 0 Å². The predicted octanol–water partition coefficient (Wildman–Crippen LogP) is 2.74. The van der Waals surface area contributed by atoms with Crippen molar-refractivity contribution in [2.45, 2.75) is 12.3 Å². The van der Waals surface area contributed by atoms with Crippen molar-refractivity contribution in [3.05, 3.63) is 46.9 Å². The quantitative estimate of drug-likeness (QED) is 0.388. The van der Waals surface area contributed by atoms with Crippen LogP contribution >= 0.6 is 11.6 Å². The number of halogens is 1. The molecule has 2 aromatic rings. The number of ether oxygens (including phenoxy) is 1. The minimum absolute atomic E-state index is 0.0286. The summed E-state index contributed by atoms with van der Waals surface area (Å²) in [7, 11) is 0. The second kappa shape index (κ2) is 6.02. The van der Waals surface area contributed by atoms with E-state index in [1.54, 1.807) is 6.07 Å². The molecule has 2 heterocycles. The topological polar surface area (TPSA) is 110 Å². The first-order valence-corrected chi connectivity index (χ1v) is 7.32. The Hall–Kier alpha value is -2.38. The number of hydrogen-bond donors (Lipinski definition) is 2. The normalized spacial score (nSPS) is 16.7. The first kappa shape index (κ1) is 15.5. The molecule has 7 nitrogen and oxygen atoms in total. The van der Waals surface area contributed by atoms with Crippen LogP contribution in [0.15, 0.2) is 40.9 Å². The molecule has 0 atom stereocenters. The Morgan fingerprint density at radius 2 is 2.13 bits per heavy atom. The number of nitrogens with two attached hydrogens (primary N) is 1. The smallest absolute Gasteiger partial charge is 0.173 e. The second-order valence-electron chi connectivity index (χ2n) is 5.62. The summed E-state index contributed by atoms with van der Waals surface area (Å²) in [6.07, 6.45) is 1.39. The van der Waals surface area contributed by atoms with Crippen LogP contribution in [0.25, 0.3) is 11.3 Å². The van der Waals surface area contributed by atoms with E-state index in [1.807, 2.05) is 18.2 Å². The highest BCUT2D eigenvalue weighted by Gasteiger charge is 2.36. The third kappa shape index (κ3) is 2.93. The fourth-order valence-corrected chi connectivity index (χ4v) is 2.90.